The van der Waals surface area contributed by atoms with Crippen molar-refractivity contribution >= 4 is 11.8 Å². The van der Waals surface area contributed by atoms with Crippen LogP contribution in [0.2, 0.25) is 0 Å². The first-order valence-corrected chi connectivity index (χ1v) is 6.72. The second-order valence-electron chi connectivity index (χ2n) is 6.63. The number of pyridine rings is 1. The summed E-state index contributed by atoms with van der Waals surface area (Å²) in [6.45, 7) is 7.90. The molecule has 0 saturated carbocycles. The molecule has 5 heteroatoms. The van der Waals surface area contributed by atoms with Gasteiger partial charge in [0, 0.05) is 14.1 Å². The Bertz CT molecular complexity index is 608. The maximum Gasteiger partial charge on any atom is 0.256 e. The van der Waals surface area contributed by atoms with E-state index in [9.17, 15) is 9.59 Å². The quantitative estimate of drug-likeness (QED) is 0.723. The van der Waals surface area contributed by atoms with E-state index in [-0.39, 0.29) is 11.8 Å². The molecule has 0 bridgehead atoms. The standard InChI is InChI=1S/C15H19N3O2/c1-14(2)10-8(12(19)17(14)5)7-9-11(16-10)15(3,4)18(6)13(9)20/h7H,1-6H3. The van der Waals surface area contributed by atoms with Crippen molar-refractivity contribution in [2.24, 2.45) is 0 Å². The molecule has 0 saturated heterocycles. The summed E-state index contributed by atoms with van der Waals surface area (Å²) < 4.78 is 0. The molecule has 3 heterocycles. The van der Waals surface area contributed by atoms with Gasteiger partial charge in [0.15, 0.2) is 0 Å². The van der Waals surface area contributed by atoms with Crippen LogP contribution in [-0.2, 0) is 11.1 Å². The molecule has 0 aliphatic carbocycles. The van der Waals surface area contributed by atoms with Crippen molar-refractivity contribution in [3.63, 3.8) is 0 Å². The lowest BCUT2D eigenvalue weighted by atomic mass is 9.94. The van der Waals surface area contributed by atoms with Crippen molar-refractivity contribution in [3.05, 3.63) is 28.6 Å². The molecule has 0 radical (unpaired) electrons. The number of amides is 2. The maximum atomic E-state index is 12.3. The summed E-state index contributed by atoms with van der Waals surface area (Å²) in [5.74, 6) is -0.138. The Morgan fingerprint density at radius 2 is 1.20 bits per heavy atom. The van der Waals surface area contributed by atoms with Crippen LogP contribution in [0, 0.1) is 0 Å². The summed E-state index contributed by atoms with van der Waals surface area (Å²) in [5.41, 5.74) is 1.75. The lowest BCUT2D eigenvalue weighted by molar-refractivity contribution is 0.0684. The Morgan fingerprint density at radius 3 is 1.55 bits per heavy atom. The Morgan fingerprint density at radius 1 is 0.850 bits per heavy atom. The molecule has 20 heavy (non-hydrogen) atoms. The first-order chi connectivity index (χ1) is 9.10. The lowest BCUT2D eigenvalue weighted by Crippen LogP contribution is -2.37. The molecule has 0 unspecified atom stereocenters. The van der Waals surface area contributed by atoms with E-state index in [2.05, 4.69) is 0 Å². The van der Waals surface area contributed by atoms with Gasteiger partial charge in [-0.15, -0.1) is 0 Å². The summed E-state index contributed by atoms with van der Waals surface area (Å²) in [5, 5.41) is 0. The van der Waals surface area contributed by atoms with E-state index in [1.54, 1.807) is 30.0 Å². The van der Waals surface area contributed by atoms with Gasteiger partial charge in [-0.3, -0.25) is 14.6 Å². The Labute approximate surface area is 118 Å². The van der Waals surface area contributed by atoms with E-state index < -0.39 is 11.1 Å². The van der Waals surface area contributed by atoms with E-state index >= 15 is 0 Å². The minimum Gasteiger partial charge on any atom is -0.331 e. The third-order valence-corrected chi connectivity index (χ3v) is 4.93. The van der Waals surface area contributed by atoms with Crippen LogP contribution in [0.5, 0.6) is 0 Å². The zero-order chi connectivity index (χ0) is 15.0. The first-order valence-electron chi connectivity index (χ1n) is 6.72. The topological polar surface area (TPSA) is 53.5 Å². The minimum atomic E-state index is -0.443. The van der Waals surface area contributed by atoms with Crippen molar-refractivity contribution in [2.45, 2.75) is 38.8 Å². The van der Waals surface area contributed by atoms with Crippen LogP contribution >= 0.6 is 0 Å². The lowest BCUT2D eigenvalue weighted by Gasteiger charge is -2.30. The van der Waals surface area contributed by atoms with E-state index in [0.29, 0.717) is 11.1 Å². The van der Waals surface area contributed by atoms with Crippen molar-refractivity contribution < 1.29 is 9.59 Å². The summed E-state index contributed by atoms with van der Waals surface area (Å²) in [6.07, 6.45) is 0. The van der Waals surface area contributed by atoms with Crippen LogP contribution in [0.4, 0.5) is 0 Å². The summed E-state index contributed by atoms with van der Waals surface area (Å²) >= 11 is 0. The van der Waals surface area contributed by atoms with Gasteiger partial charge in [-0.1, -0.05) is 0 Å². The fourth-order valence-electron chi connectivity index (χ4n) is 2.96. The van der Waals surface area contributed by atoms with Gasteiger partial charge in [0.2, 0.25) is 0 Å². The Kier molecular flexibility index (Phi) is 2.22. The first kappa shape index (κ1) is 13.1. The molecule has 0 N–H and O–H groups in total. The van der Waals surface area contributed by atoms with Crippen LogP contribution in [0.3, 0.4) is 0 Å². The van der Waals surface area contributed by atoms with Crippen molar-refractivity contribution in [1.29, 1.82) is 0 Å². The van der Waals surface area contributed by atoms with Gasteiger partial charge in [-0.25, -0.2) is 0 Å². The van der Waals surface area contributed by atoms with Gasteiger partial charge in [0.05, 0.1) is 33.6 Å². The van der Waals surface area contributed by atoms with Gasteiger partial charge >= 0.3 is 0 Å². The molecular formula is C15H19N3O2. The van der Waals surface area contributed by atoms with E-state index in [0.717, 1.165) is 11.4 Å². The van der Waals surface area contributed by atoms with Gasteiger partial charge in [-0.05, 0) is 33.8 Å². The second-order valence-corrected chi connectivity index (χ2v) is 6.63. The van der Waals surface area contributed by atoms with Gasteiger partial charge < -0.3 is 9.80 Å². The molecule has 0 fully saturated rings. The monoisotopic (exact) mass is 273 g/mol. The van der Waals surface area contributed by atoms with Crippen LogP contribution in [0.1, 0.15) is 59.8 Å². The third-order valence-electron chi connectivity index (χ3n) is 4.93. The largest absolute Gasteiger partial charge is 0.331 e. The minimum absolute atomic E-state index is 0.0690. The molecule has 106 valence electrons. The highest BCUT2D eigenvalue weighted by Crippen LogP contribution is 2.42. The average Bonchev–Trinajstić information content (AvgIpc) is 2.66. The molecule has 0 spiro atoms. The smallest absolute Gasteiger partial charge is 0.256 e. The van der Waals surface area contributed by atoms with Gasteiger partial charge in [0.1, 0.15) is 0 Å². The maximum absolute atomic E-state index is 12.3. The number of carbonyl (C=O) groups excluding carboxylic acids is 2. The van der Waals surface area contributed by atoms with Crippen molar-refractivity contribution in [1.82, 2.24) is 14.8 Å². The van der Waals surface area contributed by atoms with E-state index in [1.807, 2.05) is 27.7 Å². The van der Waals surface area contributed by atoms with Crippen LogP contribution < -0.4 is 0 Å². The predicted molar refractivity (Wildman–Crippen MR) is 74.5 cm³/mol. The van der Waals surface area contributed by atoms with E-state index in [1.165, 1.54) is 0 Å². The zero-order valence-corrected chi connectivity index (χ0v) is 12.7. The fourth-order valence-corrected chi connectivity index (χ4v) is 2.96. The number of hydrogen-bond acceptors (Lipinski definition) is 3. The molecule has 2 aliphatic rings. The molecule has 2 amide bonds. The highest BCUT2D eigenvalue weighted by Gasteiger charge is 2.48. The van der Waals surface area contributed by atoms with Crippen molar-refractivity contribution in [2.75, 3.05) is 14.1 Å². The second kappa shape index (κ2) is 3.40. The summed E-state index contributed by atoms with van der Waals surface area (Å²) in [7, 11) is 3.54. The van der Waals surface area contributed by atoms with Gasteiger partial charge in [-0.2, -0.15) is 0 Å². The van der Waals surface area contributed by atoms with Crippen LogP contribution in [-0.4, -0.2) is 40.7 Å². The predicted octanol–water partition coefficient (Wildman–Crippen LogP) is 1.72. The van der Waals surface area contributed by atoms with Crippen LogP contribution in [0.25, 0.3) is 0 Å². The molecule has 2 aliphatic heterocycles. The Balaban J connectivity index is 2.32. The van der Waals surface area contributed by atoms with E-state index in [4.69, 9.17) is 4.98 Å². The number of fused-ring (bicyclic) bond motifs is 2. The number of aromatic nitrogens is 1. The Hall–Kier alpha value is -1.91. The number of carbonyl (C=O) groups is 2. The van der Waals surface area contributed by atoms with Gasteiger partial charge in [0.25, 0.3) is 11.8 Å². The number of rotatable bonds is 0. The zero-order valence-electron chi connectivity index (χ0n) is 12.7. The molecule has 5 nitrogen and oxygen atoms in total. The average molecular weight is 273 g/mol. The number of hydrogen-bond donors (Lipinski definition) is 0. The molecule has 0 atom stereocenters. The molecule has 3 rings (SSSR count). The highest BCUT2D eigenvalue weighted by atomic mass is 16.2. The highest BCUT2D eigenvalue weighted by molar-refractivity contribution is 6.04. The SMILES string of the molecule is CN1C(=O)c2cc3c(nc2C1(C)C)C(C)(C)N(C)C3=O. The molecule has 0 aromatic carbocycles. The third kappa shape index (κ3) is 1.25. The van der Waals surface area contributed by atoms with Crippen molar-refractivity contribution in [3.8, 4) is 0 Å². The number of nitrogens with zero attached hydrogens (tertiary/aromatic N) is 3. The summed E-state index contributed by atoms with van der Waals surface area (Å²) in [6, 6.07) is 1.72. The summed E-state index contributed by atoms with van der Waals surface area (Å²) in [4.78, 5) is 32.7. The molecule has 1 aromatic heterocycles. The van der Waals surface area contributed by atoms with Crippen LogP contribution in [0.15, 0.2) is 6.07 Å². The normalized spacial score (nSPS) is 22.3. The molecular weight excluding hydrogens is 254 g/mol. The molecule has 1 aromatic rings. The fraction of sp³-hybridized carbons (Fsp3) is 0.533.